The molecule has 1 rings (SSSR count). The zero-order valence-electron chi connectivity index (χ0n) is 7.76. The van der Waals surface area contributed by atoms with E-state index in [9.17, 15) is 4.79 Å². The number of nitrogens with two attached hydrogens (primary N) is 1. The van der Waals surface area contributed by atoms with Crippen LogP contribution in [0.15, 0.2) is 12.1 Å². The van der Waals surface area contributed by atoms with E-state index in [1.54, 1.807) is 0 Å². The lowest BCUT2D eigenvalue weighted by molar-refractivity contribution is -0.142. The molecule has 0 saturated heterocycles. The number of esters is 1. The summed E-state index contributed by atoms with van der Waals surface area (Å²) in [6, 6.07) is 2.02. The van der Waals surface area contributed by atoms with Crippen molar-refractivity contribution in [3.63, 3.8) is 0 Å². The molecule has 0 aliphatic rings. The Bertz CT molecular complexity index is 395. The van der Waals surface area contributed by atoms with Gasteiger partial charge in [-0.15, -0.1) is 0 Å². The van der Waals surface area contributed by atoms with Gasteiger partial charge >= 0.3 is 5.97 Å². The van der Waals surface area contributed by atoms with E-state index in [0.29, 0.717) is 0 Å². The number of rotatable bonds is 2. The summed E-state index contributed by atoms with van der Waals surface area (Å²) in [6.45, 7) is 0. The van der Waals surface area contributed by atoms with Crippen molar-refractivity contribution in [3.8, 4) is 0 Å². The average molecular weight is 269 g/mol. The lowest BCUT2D eigenvalue weighted by Crippen LogP contribution is -2.23. The second-order valence-corrected chi connectivity index (χ2v) is 3.95. The van der Waals surface area contributed by atoms with Crippen molar-refractivity contribution in [2.45, 2.75) is 6.04 Å². The van der Waals surface area contributed by atoms with Crippen LogP contribution in [0.5, 0.6) is 0 Å². The first-order valence-corrected chi connectivity index (χ1v) is 5.09. The predicted octanol–water partition coefficient (Wildman–Crippen LogP) is 2.82. The Kier molecular flexibility index (Phi) is 4.22. The lowest BCUT2D eigenvalue weighted by Gasteiger charge is -2.13. The third-order valence-electron chi connectivity index (χ3n) is 1.85. The van der Waals surface area contributed by atoms with Crippen LogP contribution in [-0.2, 0) is 9.53 Å². The molecule has 3 nitrogen and oxygen atoms in total. The van der Waals surface area contributed by atoms with Gasteiger partial charge in [0.1, 0.15) is 6.04 Å². The lowest BCUT2D eigenvalue weighted by atomic mass is 10.1. The fourth-order valence-corrected chi connectivity index (χ4v) is 1.84. The molecule has 1 atom stereocenters. The van der Waals surface area contributed by atoms with Crippen molar-refractivity contribution in [2.24, 2.45) is 5.73 Å². The van der Waals surface area contributed by atoms with E-state index in [1.807, 2.05) is 0 Å². The number of methoxy groups -OCH3 is 1. The van der Waals surface area contributed by atoms with Gasteiger partial charge in [0.25, 0.3) is 0 Å². The van der Waals surface area contributed by atoms with Crippen molar-refractivity contribution in [1.82, 2.24) is 0 Å². The summed E-state index contributed by atoms with van der Waals surface area (Å²) in [6.07, 6.45) is 0. The van der Waals surface area contributed by atoms with Crippen molar-refractivity contribution in [3.05, 3.63) is 32.8 Å². The molecule has 0 unspecified atom stereocenters. The molecule has 0 fully saturated rings. The third kappa shape index (κ3) is 2.55. The topological polar surface area (TPSA) is 52.3 Å². The predicted molar refractivity (Wildman–Crippen MR) is 60.4 cm³/mol. The summed E-state index contributed by atoms with van der Waals surface area (Å²) in [5.41, 5.74) is 5.89. The highest BCUT2D eigenvalue weighted by Crippen LogP contribution is 2.35. The Morgan fingerprint density at radius 2 is 1.87 bits per heavy atom. The summed E-state index contributed by atoms with van der Waals surface area (Å²) in [5, 5.41) is 0.736. The van der Waals surface area contributed by atoms with Crippen LogP contribution in [0.3, 0.4) is 0 Å². The van der Waals surface area contributed by atoms with Gasteiger partial charge in [-0.05, 0) is 12.1 Å². The fourth-order valence-electron chi connectivity index (χ4n) is 1.07. The van der Waals surface area contributed by atoms with Crippen LogP contribution in [0.1, 0.15) is 11.6 Å². The highest BCUT2D eigenvalue weighted by molar-refractivity contribution is 6.44. The standard InChI is InChI=1S/C9H8Cl3NO2/c1-15-9(14)8(13)6-4(10)2-3-5(11)7(6)12/h2-3,8H,13H2,1H3/t8-/m1/s1. The molecular formula is C9H8Cl3NO2. The largest absolute Gasteiger partial charge is 0.468 e. The maximum Gasteiger partial charge on any atom is 0.327 e. The van der Waals surface area contributed by atoms with Gasteiger partial charge in [0.05, 0.1) is 17.2 Å². The zero-order chi connectivity index (χ0) is 11.6. The van der Waals surface area contributed by atoms with E-state index in [0.717, 1.165) is 0 Å². The SMILES string of the molecule is COC(=O)[C@H](N)c1c(Cl)ccc(Cl)c1Cl. The summed E-state index contributed by atoms with van der Waals surface area (Å²) >= 11 is 17.5. The quantitative estimate of drug-likeness (QED) is 0.663. The van der Waals surface area contributed by atoms with Gasteiger partial charge in [-0.25, -0.2) is 0 Å². The van der Waals surface area contributed by atoms with Gasteiger partial charge in [-0.2, -0.15) is 0 Å². The number of carbonyl (C=O) groups excluding carboxylic acids is 1. The van der Waals surface area contributed by atoms with Crippen LogP contribution in [0.25, 0.3) is 0 Å². The third-order valence-corrected chi connectivity index (χ3v) is 2.99. The van der Waals surface area contributed by atoms with Crippen molar-refractivity contribution in [2.75, 3.05) is 7.11 Å². The minimum atomic E-state index is -1.03. The Balaban J connectivity index is 3.24. The molecule has 1 aromatic carbocycles. The maximum atomic E-state index is 11.2. The Labute approximate surface area is 102 Å². The van der Waals surface area contributed by atoms with Crippen LogP contribution < -0.4 is 5.73 Å². The van der Waals surface area contributed by atoms with E-state index in [4.69, 9.17) is 40.5 Å². The molecule has 2 N–H and O–H groups in total. The molecule has 0 aliphatic carbocycles. The first kappa shape index (κ1) is 12.6. The van der Waals surface area contributed by atoms with E-state index in [1.165, 1.54) is 19.2 Å². The summed E-state index contributed by atoms with van der Waals surface area (Å²) in [4.78, 5) is 11.2. The van der Waals surface area contributed by atoms with Crippen LogP contribution in [-0.4, -0.2) is 13.1 Å². The smallest absolute Gasteiger partial charge is 0.327 e. The van der Waals surface area contributed by atoms with Crippen molar-refractivity contribution >= 4 is 40.8 Å². The first-order chi connectivity index (χ1) is 6.99. The van der Waals surface area contributed by atoms with E-state index < -0.39 is 12.0 Å². The zero-order valence-corrected chi connectivity index (χ0v) is 10.0. The second-order valence-electron chi connectivity index (χ2n) is 2.76. The van der Waals surface area contributed by atoms with Crippen molar-refractivity contribution < 1.29 is 9.53 Å². The molecule has 0 saturated carbocycles. The van der Waals surface area contributed by atoms with E-state index in [-0.39, 0.29) is 20.6 Å². The normalized spacial score (nSPS) is 12.3. The van der Waals surface area contributed by atoms with Gasteiger partial charge in [0, 0.05) is 10.6 Å². The van der Waals surface area contributed by atoms with Gasteiger partial charge in [-0.1, -0.05) is 34.8 Å². The monoisotopic (exact) mass is 267 g/mol. The van der Waals surface area contributed by atoms with Crippen LogP contribution in [0, 0.1) is 0 Å². The molecule has 15 heavy (non-hydrogen) atoms. The molecule has 0 aliphatic heterocycles. The molecule has 0 radical (unpaired) electrons. The minimum Gasteiger partial charge on any atom is -0.468 e. The molecule has 0 spiro atoms. The van der Waals surface area contributed by atoms with Crippen LogP contribution >= 0.6 is 34.8 Å². The molecule has 6 heteroatoms. The van der Waals surface area contributed by atoms with Gasteiger partial charge < -0.3 is 10.5 Å². The summed E-state index contributed by atoms with van der Waals surface area (Å²) in [7, 11) is 1.23. The number of hydrogen-bond acceptors (Lipinski definition) is 3. The Hall–Kier alpha value is -0.480. The van der Waals surface area contributed by atoms with Gasteiger partial charge in [-0.3, -0.25) is 4.79 Å². The highest BCUT2D eigenvalue weighted by Gasteiger charge is 2.23. The van der Waals surface area contributed by atoms with Crippen LogP contribution in [0.4, 0.5) is 0 Å². The summed E-state index contributed by atoms with van der Waals surface area (Å²) in [5.74, 6) is -0.624. The summed E-state index contributed by atoms with van der Waals surface area (Å²) < 4.78 is 4.49. The molecule has 0 bridgehead atoms. The molecule has 0 aromatic heterocycles. The van der Waals surface area contributed by atoms with Crippen molar-refractivity contribution in [1.29, 1.82) is 0 Å². The maximum absolute atomic E-state index is 11.2. The fraction of sp³-hybridized carbons (Fsp3) is 0.222. The van der Waals surface area contributed by atoms with E-state index in [2.05, 4.69) is 4.74 Å². The van der Waals surface area contributed by atoms with Gasteiger partial charge in [0.15, 0.2) is 0 Å². The highest BCUT2D eigenvalue weighted by atomic mass is 35.5. The molecule has 0 heterocycles. The Morgan fingerprint density at radius 3 is 2.40 bits per heavy atom. The minimum absolute atomic E-state index is 0.169. The molecule has 82 valence electrons. The number of ether oxygens (including phenoxy) is 1. The van der Waals surface area contributed by atoms with Crippen LogP contribution in [0.2, 0.25) is 15.1 Å². The second kappa shape index (κ2) is 5.03. The molecule has 1 aromatic rings. The number of carbonyl (C=O) groups is 1. The average Bonchev–Trinajstić information content (AvgIpc) is 2.22. The molecular weight excluding hydrogens is 260 g/mol. The number of benzene rings is 1. The number of hydrogen-bond donors (Lipinski definition) is 1. The Morgan fingerprint density at radius 1 is 1.33 bits per heavy atom. The number of halogens is 3. The first-order valence-electron chi connectivity index (χ1n) is 3.95. The van der Waals surface area contributed by atoms with Gasteiger partial charge in [0.2, 0.25) is 0 Å². The van der Waals surface area contributed by atoms with E-state index >= 15 is 0 Å². The molecule has 0 amide bonds.